The second-order valence-electron chi connectivity index (χ2n) is 6.08. The van der Waals surface area contributed by atoms with Crippen molar-refractivity contribution in [3.05, 3.63) is 63.4 Å². The number of hydrogen-bond donors (Lipinski definition) is 1. The van der Waals surface area contributed by atoms with E-state index in [1.54, 1.807) is 17.0 Å². The third-order valence-corrected chi connectivity index (χ3v) is 4.80. The van der Waals surface area contributed by atoms with Gasteiger partial charge >= 0.3 is 0 Å². The molecule has 1 aliphatic heterocycles. The molecule has 0 aromatic heterocycles. The van der Waals surface area contributed by atoms with Gasteiger partial charge in [-0.1, -0.05) is 28.1 Å². The summed E-state index contributed by atoms with van der Waals surface area (Å²) < 4.78 is 14.6. The van der Waals surface area contributed by atoms with E-state index in [0.29, 0.717) is 15.7 Å². The topological polar surface area (TPSA) is 49.4 Å². The first kappa shape index (κ1) is 17.6. The molecule has 1 N–H and O–H groups in total. The summed E-state index contributed by atoms with van der Waals surface area (Å²) in [5.41, 5.74) is 1.56. The second-order valence-corrected chi connectivity index (χ2v) is 6.99. The van der Waals surface area contributed by atoms with E-state index in [2.05, 4.69) is 21.2 Å². The van der Waals surface area contributed by atoms with Crippen molar-refractivity contribution in [3.8, 4) is 0 Å². The van der Waals surface area contributed by atoms with E-state index in [1.807, 2.05) is 13.0 Å². The molecule has 130 valence electrons. The fourth-order valence-corrected chi connectivity index (χ4v) is 3.32. The number of rotatable bonds is 3. The summed E-state index contributed by atoms with van der Waals surface area (Å²) in [5.74, 6) is -1.29. The van der Waals surface area contributed by atoms with E-state index in [0.717, 1.165) is 31.5 Å². The molecule has 0 unspecified atom stereocenters. The molecule has 1 fully saturated rings. The first-order valence-electron chi connectivity index (χ1n) is 8.12. The highest BCUT2D eigenvalue weighted by molar-refractivity contribution is 9.10. The summed E-state index contributed by atoms with van der Waals surface area (Å²) in [7, 11) is 0. The third kappa shape index (κ3) is 3.74. The average molecular weight is 405 g/mol. The van der Waals surface area contributed by atoms with E-state index < -0.39 is 11.7 Å². The fourth-order valence-electron chi connectivity index (χ4n) is 2.95. The maximum atomic E-state index is 14.0. The van der Waals surface area contributed by atoms with E-state index in [4.69, 9.17) is 0 Å². The van der Waals surface area contributed by atoms with Gasteiger partial charge in [-0.15, -0.1) is 0 Å². The van der Waals surface area contributed by atoms with Crippen LogP contribution < -0.4 is 5.32 Å². The van der Waals surface area contributed by atoms with Crippen molar-refractivity contribution in [3.63, 3.8) is 0 Å². The Morgan fingerprint density at radius 2 is 1.84 bits per heavy atom. The Kier molecular flexibility index (Phi) is 5.18. The maximum Gasteiger partial charge on any atom is 0.258 e. The normalized spacial score (nSPS) is 13.8. The molecule has 2 amide bonds. The van der Waals surface area contributed by atoms with Crippen LogP contribution in [-0.2, 0) is 0 Å². The van der Waals surface area contributed by atoms with Gasteiger partial charge in [0.15, 0.2) is 0 Å². The van der Waals surface area contributed by atoms with Gasteiger partial charge in [0.05, 0.1) is 16.8 Å². The van der Waals surface area contributed by atoms with E-state index >= 15 is 0 Å². The Bertz CT molecular complexity index is 832. The zero-order valence-electron chi connectivity index (χ0n) is 13.8. The number of benzene rings is 2. The Hall–Kier alpha value is -2.21. The molecule has 0 radical (unpaired) electrons. The lowest BCUT2D eigenvalue weighted by Gasteiger charge is -2.19. The van der Waals surface area contributed by atoms with Gasteiger partial charge in [-0.25, -0.2) is 4.39 Å². The lowest BCUT2D eigenvalue weighted by Crippen LogP contribution is -2.29. The number of nitrogens with zero attached hydrogens (tertiary/aromatic N) is 1. The number of amides is 2. The van der Waals surface area contributed by atoms with Crippen molar-refractivity contribution in [2.75, 3.05) is 18.4 Å². The van der Waals surface area contributed by atoms with E-state index in [9.17, 15) is 14.0 Å². The van der Waals surface area contributed by atoms with Gasteiger partial charge in [-0.2, -0.15) is 0 Å². The minimum absolute atomic E-state index is 0.0720. The van der Waals surface area contributed by atoms with Gasteiger partial charge in [0, 0.05) is 17.6 Å². The summed E-state index contributed by atoms with van der Waals surface area (Å²) in [4.78, 5) is 27.1. The van der Waals surface area contributed by atoms with Crippen LogP contribution >= 0.6 is 15.9 Å². The molecule has 2 aromatic carbocycles. The molecule has 4 nitrogen and oxygen atoms in total. The molecule has 25 heavy (non-hydrogen) atoms. The Labute approximate surface area is 154 Å². The smallest absolute Gasteiger partial charge is 0.258 e. The number of hydrogen-bond acceptors (Lipinski definition) is 2. The SMILES string of the molecule is Cc1cccc(C(=O)N2CCCC2)c1NC(=O)c1cc(Br)ccc1F. The first-order chi connectivity index (χ1) is 12.0. The van der Waals surface area contributed by atoms with E-state index in [1.165, 1.54) is 18.2 Å². The van der Waals surface area contributed by atoms with Crippen molar-refractivity contribution in [2.45, 2.75) is 19.8 Å². The summed E-state index contributed by atoms with van der Waals surface area (Å²) >= 11 is 3.24. The Morgan fingerprint density at radius 3 is 2.56 bits per heavy atom. The average Bonchev–Trinajstić information content (AvgIpc) is 3.12. The highest BCUT2D eigenvalue weighted by Crippen LogP contribution is 2.25. The van der Waals surface area contributed by atoms with Gasteiger partial charge in [0.2, 0.25) is 0 Å². The summed E-state index contributed by atoms with van der Waals surface area (Å²) in [6.45, 7) is 3.26. The summed E-state index contributed by atoms with van der Waals surface area (Å²) in [6, 6.07) is 9.47. The van der Waals surface area contributed by atoms with Gasteiger partial charge in [0.25, 0.3) is 11.8 Å². The van der Waals surface area contributed by atoms with Crippen LogP contribution in [0.3, 0.4) is 0 Å². The predicted molar refractivity (Wildman–Crippen MR) is 98.4 cm³/mol. The second kappa shape index (κ2) is 7.35. The molecule has 6 heteroatoms. The number of halogens is 2. The molecule has 1 aliphatic rings. The molecule has 0 bridgehead atoms. The Balaban J connectivity index is 1.93. The minimum atomic E-state index is -0.610. The lowest BCUT2D eigenvalue weighted by molar-refractivity contribution is 0.0794. The van der Waals surface area contributed by atoms with Crippen molar-refractivity contribution in [1.29, 1.82) is 0 Å². The highest BCUT2D eigenvalue weighted by atomic mass is 79.9. The largest absolute Gasteiger partial charge is 0.339 e. The number of carbonyl (C=O) groups excluding carboxylic acids is 2. The van der Waals surface area contributed by atoms with Gasteiger partial charge in [-0.05, 0) is 49.6 Å². The predicted octanol–water partition coefficient (Wildman–Crippen LogP) is 4.38. The quantitative estimate of drug-likeness (QED) is 0.824. The molecule has 0 aliphatic carbocycles. The van der Waals surface area contributed by atoms with Gasteiger partial charge in [0.1, 0.15) is 5.82 Å². The van der Waals surface area contributed by atoms with Crippen LogP contribution in [0.2, 0.25) is 0 Å². The number of nitrogens with one attached hydrogen (secondary N) is 1. The molecule has 3 rings (SSSR count). The molecule has 0 saturated carbocycles. The number of likely N-dealkylation sites (tertiary alicyclic amines) is 1. The standard InChI is InChI=1S/C19H18BrFN2O2/c1-12-5-4-6-14(19(25)23-9-2-3-10-23)17(12)22-18(24)15-11-13(20)7-8-16(15)21/h4-8,11H,2-3,9-10H2,1H3,(H,22,24). The molecular formula is C19H18BrFN2O2. The van der Waals surface area contributed by atoms with Crippen molar-refractivity contribution >= 4 is 33.4 Å². The monoisotopic (exact) mass is 404 g/mol. The third-order valence-electron chi connectivity index (χ3n) is 4.31. The number of aryl methyl sites for hydroxylation is 1. The van der Waals surface area contributed by atoms with Crippen LogP contribution in [0.25, 0.3) is 0 Å². The zero-order chi connectivity index (χ0) is 18.0. The first-order valence-corrected chi connectivity index (χ1v) is 8.92. The highest BCUT2D eigenvalue weighted by Gasteiger charge is 2.24. The molecule has 1 heterocycles. The molecule has 0 spiro atoms. The van der Waals surface area contributed by atoms with Crippen LogP contribution in [0.4, 0.5) is 10.1 Å². The van der Waals surface area contributed by atoms with Crippen LogP contribution in [-0.4, -0.2) is 29.8 Å². The number of para-hydroxylation sites is 1. The molecule has 0 atom stereocenters. The van der Waals surface area contributed by atoms with Crippen molar-refractivity contribution in [2.24, 2.45) is 0 Å². The molecular weight excluding hydrogens is 387 g/mol. The van der Waals surface area contributed by atoms with Crippen LogP contribution in [0.15, 0.2) is 40.9 Å². The van der Waals surface area contributed by atoms with E-state index in [-0.39, 0.29) is 11.5 Å². The molecule has 1 saturated heterocycles. The summed E-state index contributed by atoms with van der Waals surface area (Å²) in [6.07, 6.45) is 1.98. The molecule has 2 aromatic rings. The Morgan fingerprint density at radius 1 is 1.12 bits per heavy atom. The van der Waals surface area contributed by atoms with Crippen LogP contribution in [0.5, 0.6) is 0 Å². The minimum Gasteiger partial charge on any atom is -0.339 e. The van der Waals surface area contributed by atoms with Crippen LogP contribution in [0, 0.1) is 12.7 Å². The van der Waals surface area contributed by atoms with Crippen LogP contribution in [0.1, 0.15) is 39.1 Å². The summed E-state index contributed by atoms with van der Waals surface area (Å²) in [5, 5.41) is 2.72. The van der Waals surface area contributed by atoms with Crippen molar-refractivity contribution < 1.29 is 14.0 Å². The maximum absolute atomic E-state index is 14.0. The van der Waals surface area contributed by atoms with Gasteiger partial charge in [-0.3, -0.25) is 9.59 Å². The van der Waals surface area contributed by atoms with Crippen molar-refractivity contribution in [1.82, 2.24) is 4.90 Å². The lowest BCUT2D eigenvalue weighted by atomic mass is 10.1. The number of carbonyl (C=O) groups is 2. The fraction of sp³-hybridized carbons (Fsp3) is 0.263. The van der Waals surface area contributed by atoms with Gasteiger partial charge < -0.3 is 10.2 Å². The zero-order valence-corrected chi connectivity index (χ0v) is 15.4. The number of anilines is 1.